The van der Waals surface area contributed by atoms with Crippen molar-refractivity contribution in [3.63, 3.8) is 0 Å². The Hall–Kier alpha value is -1.37. The van der Waals surface area contributed by atoms with Crippen molar-refractivity contribution < 1.29 is 22.3 Å². The number of halogens is 4. The molecular formula is C12H14F4N2O. The molecule has 0 radical (unpaired) electrons. The lowest BCUT2D eigenvalue weighted by molar-refractivity contribution is -0.190. The van der Waals surface area contributed by atoms with Crippen LogP contribution in [0.5, 0.6) is 5.88 Å². The van der Waals surface area contributed by atoms with Gasteiger partial charge in [0.2, 0.25) is 0 Å². The summed E-state index contributed by atoms with van der Waals surface area (Å²) < 4.78 is 55.5. The van der Waals surface area contributed by atoms with Crippen LogP contribution in [0.4, 0.5) is 17.6 Å². The average Bonchev–Trinajstić information content (AvgIpc) is 3.13. The van der Waals surface area contributed by atoms with Gasteiger partial charge < -0.3 is 10.1 Å². The molecule has 1 heterocycles. The molecule has 1 saturated carbocycles. The summed E-state index contributed by atoms with van der Waals surface area (Å²) in [6.45, 7) is 1.08. The van der Waals surface area contributed by atoms with Gasteiger partial charge in [-0.2, -0.15) is 13.2 Å². The zero-order chi connectivity index (χ0) is 14.0. The number of aromatic nitrogens is 1. The lowest BCUT2D eigenvalue weighted by Crippen LogP contribution is -2.32. The van der Waals surface area contributed by atoms with E-state index in [-0.39, 0.29) is 12.1 Å². The van der Waals surface area contributed by atoms with Crippen molar-refractivity contribution in [1.82, 2.24) is 10.3 Å². The summed E-state index contributed by atoms with van der Waals surface area (Å²) in [6.07, 6.45) is -3.31. The minimum absolute atomic E-state index is 0.256. The summed E-state index contributed by atoms with van der Waals surface area (Å²) in [7, 11) is 0. The molecule has 1 unspecified atom stereocenters. The Morgan fingerprint density at radius 2 is 2.16 bits per heavy atom. The molecule has 0 saturated heterocycles. The normalized spacial score (nSPS) is 17.3. The molecule has 0 aromatic carbocycles. The summed E-state index contributed by atoms with van der Waals surface area (Å²) in [5.41, 5.74) is 0.256. The van der Waals surface area contributed by atoms with Gasteiger partial charge in [-0.1, -0.05) is 0 Å². The second kappa shape index (κ2) is 5.32. The summed E-state index contributed by atoms with van der Waals surface area (Å²) in [5, 5.41) is 3.08. The first-order chi connectivity index (χ1) is 8.88. The SMILES string of the molecule is CC(Oc1nccc(CNC2CC2)c1F)C(F)(F)F. The van der Waals surface area contributed by atoms with E-state index in [1.807, 2.05) is 0 Å². The Morgan fingerprint density at radius 1 is 1.47 bits per heavy atom. The Balaban J connectivity index is 2.05. The largest absolute Gasteiger partial charge is 0.463 e. The molecular weight excluding hydrogens is 264 g/mol. The van der Waals surface area contributed by atoms with Crippen LogP contribution in [0, 0.1) is 5.82 Å². The van der Waals surface area contributed by atoms with E-state index >= 15 is 0 Å². The van der Waals surface area contributed by atoms with E-state index < -0.39 is 24.0 Å². The Morgan fingerprint density at radius 3 is 2.74 bits per heavy atom. The standard InChI is InChI=1S/C12H14F4N2O/c1-7(12(14,15)16)19-11-10(13)8(4-5-17-11)6-18-9-2-3-9/h4-5,7,9,18H,2-3,6H2,1H3. The van der Waals surface area contributed by atoms with Crippen LogP contribution in [-0.2, 0) is 6.54 Å². The van der Waals surface area contributed by atoms with Crippen LogP contribution >= 0.6 is 0 Å². The third-order valence-corrected chi connectivity index (χ3v) is 2.85. The molecule has 3 nitrogen and oxygen atoms in total. The van der Waals surface area contributed by atoms with Gasteiger partial charge in [-0.25, -0.2) is 9.37 Å². The number of nitrogens with zero attached hydrogens (tertiary/aromatic N) is 1. The smallest absolute Gasteiger partial charge is 0.425 e. The number of hydrogen-bond donors (Lipinski definition) is 1. The van der Waals surface area contributed by atoms with Crippen LogP contribution in [0.1, 0.15) is 25.3 Å². The summed E-state index contributed by atoms with van der Waals surface area (Å²) in [4.78, 5) is 3.51. The van der Waals surface area contributed by atoms with Crippen molar-refractivity contribution in [1.29, 1.82) is 0 Å². The molecule has 1 N–H and O–H groups in total. The maximum Gasteiger partial charge on any atom is 0.425 e. The fourth-order valence-corrected chi connectivity index (χ4v) is 1.46. The van der Waals surface area contributed by atoms with Crippen LogP contribution in [0.25, 0.3) is 0 Å². The maximum atomic E-state index is 13.9. The molecule has 0 aliphatic heterocycles. The molecule has 1 aromatic rings. The van der Waals surface area contributed by atoms with E-state index in [9.17, 15) is 17.6 Å². The van der Waals surface area contributed by atoms with E-state index in [1.165, 1.54) is 12.3 Å². The fraction of sp³-hybridized carbons (Fsp3) is 0.583. The quantitative estimate of drug-likeness (QED) is 0.841. The number of nitrogens with one attached hydrogen (secondary N) is 1. The highest BCUT2D eigenvalue weighted by atomic mass is 19.4. The maximum absolute atomic E-state index is 13.9. The van der Waals surface area contributed by atoms with E-state index in [1.54, 1.807) is 0 Å². The highest BCUT2D eigenvalue weighted by Gasteiger charge is 2.39. The van der Waals surface area contributed by atoms with E-state index in [0.29, 0.717) is 6.04 Å². The van der Waals surface area contributed by atoms with Crippen LogP contribution in [-0.4, -0.2) is 23.3 Å². The van der Waals surface area contributed by atoms with Crippen molar-refractivity contribution in [2.45, 2.75) is 44.6 Å². The third-order valence-electron chi connectivity index (χ3n) is 2.85. The second-order valence-electron chi connectivity index (χ2n) is 4.55. The van der Waals surface area contributed by atoms with Gasteiger partial charge in [-0.3, -0.25) is 0 Å². The first-order valence-corrected chi connectivity index (χ1v) is 5.98. The van der Waals surface area contributed by atoms with Gasteiger partial charge in [0.05, 0.1) is 0 Å². The molecule has 1 aliphatic carbocycles. The minimum Gasteiger partial charge on any atom is -0.463 e. The molecule has 1 aliphatic rings. The number of alkyl halides is 3. The molecule has 2 rings (SSSR count). The predicted octanol–water partition coefficient (Wildman–Crippen LogP) is 2.80. The molecule has 1 atom stereocenters. The number of rotatable bonds is 5. The minimum atomic E-state index is -4.55. The first-order valence-electron chi connectivity index (χ1n) is 5.98. The highest BCUT2D eigenvalue weighted by Crippen LogP contribution is 2.26. The van der Waals surface area contributed by atoms with Gasteiger partial charge in [0.25, 0.3) is 5.88 Å². The number of hydrogen-bond acceptors (Lipinski definition) is 3. The molecule has 106 valence electrons. The van der Waals surface area contributed by atoms with Gasteiger partial charge in [-0.05, 0) is 25.8 Å². The van der Waals surface area contributed by atoms with Crippen LogP contribution in [0.15, 0.2) is 12.3 Å². The number of pyridine rings is 1. The van der Waals surface area contributed by atoms with Gasteiger partial charge in [0.1, 0.15) is 0 Å². The molecule has 0 bridgehead atoms. The van der Waals surface area contributed by atoms with Gasteiger partial charge in [0.15, 0.2) is 11.9 Å². The van der Waals surface area contributed by atoms with Crippen molar-refractivity contribution in [3.05, 3.63) is 23.6 Å². The highest BCUT2D eigenvalue weighted by molar-refractivity contribution is 5.24. The van der Waals surface area contributed by atoms with E-state index in [0.717, 1.165) is 19.8 Å². The Kier molecular flexibility index (Phi) is 3.93. The van der Waals surface area contributed by atoms with Gasteiger partial charge in [0, 0.05) is 24.3 Å². The molecule has 19 heavy (non-hydrogen) atoms. The first kappa shape index (κ1) is 14.0. The Bertz CT molecular complexity index is 446. The van der Waals surface area contributed by atoms with Gasteiger partial charge >= 0.3 is 6.18 Å². The fourth-order valence-electron chi connectivity index (χ4n) is 1.46. The predicted molar refractivity (Wildman–Crippen MR) is 60.2 cm³/mol. The zero-order valence-electron chi connectivity index (χ0n) is 10.3. The van der Waals surface area contributed by atoms with Crippen LogP contribution in [0.3, 0.4) is 0 Å². The topological polar surface area (TPSA) is 34.1 Å². The zero-order valence-corrected chi connectivity index (χ0v) is 10.3. The molecule has 1 aromatic heterocycles. The van der Waals surface area contributed by atoms with E-state index in [2.05, 4.69) is 15.0 Å². The lowest BCUT2D eigenvalue weighted by Gasteiger charge is -2.17. The molecule has 0 spiro atoms. The molecule has 1 fully saturated rings. The van der Waals surface area contributed by atoms with Crippen molar-refractivity contribution >= 4 is 0 Å². The number of ether oxygens (including phenoxy) is 1. The summed E-state index contributed by atoms with van der Waals surface area (Å²) >= 11 is 0. The van der Waals surface area contributed by atoms with Crippen LogP contribution < -0.4 is 10.1 Å². The molecule has 0 amide bonds. The monoisotopic (exact) mass is 278 g/mol. The third kappa shape index (κ3) is 3.79. The van der Waals surface area contributed by atoms with Crippen LogP contribution in [0.2, 0.25) is 0 Å². The lowest BCUT2D eigenvalue weighted by atomic mass is 10.2. The average molecular weight is 278 g/mol. The second-order valence-corrected chi connectivity index (χ2v) is 4.55. The van der Waals surface area contributed by atoms with Crippen molar-refractivity contribution in [3.8, 4) is 5.88 Å². The van der Waals surface area contributed by atoms with Crippen molar-refractivity contribution in [2.24, 2.45) is 0 Å². The van der Waals surface area contributed by atoms with Crippen molar-refractivity contribution in [2.75, 3.05) is 0 Å². The summed E-state index contributed by atoms with van der Waals surface area (Å²) in [6, 6.07) is 1.81. The van der Waals surface area contributed by atoms with E-state index in [4.69, 9.17) is 0 Å². The summed E-state index contributed by atoms with van der Waals surface area (Å²) in [5.74, 6) is -1.45. The molecule has 7 heteroatoms. The van der Waals surface area contributed by atoms with Gasteiger partial charge in [-0.15, -0.1) is 0 Å². The Labute approximate surface area is 108 Å².